The largest absolute Gasteiger partial charge is 0.461 e. The second-order valence-electron chi connectivity index (χ2n) is 5.06. The predicted molar refractivity (Wildman–Crippen MR) is 64.4 cm³/mol. The number of hydrogen-bond acceptors (Lipinski definition) is 4. The number of carbonyl (C=O) groups is 1. The van der Waals surface area contributed by atoms with E-state index in [1.807, 2.05) is 6.92 Å². The molecule has 0 saturated heterocycles. The molecule has 2 aliphatic carbocycles. The van der Waals surface area contributed by atoms with E-state index in [1.165, 1.54) is 0 Å². The van der Waals surface area contributed by atoms with Crippen molar-refractivity contribution in [1.29, 1.82) is 0 Å². The molecule has 3 aliphatic rings. The van der Waals surface area contributed by atoms with Gasteiger partial charge in [0.1, 0.15) is 0 Å². The van der Waals surface area contributed by atoms with E-state index in [-0.39, 0.29) is 11.9 Å². The van der Waals surface area contributed by atoms with Gasteiger partial charge >= 0.3 is 5.97 Å². The zero-order valence-corrected chi connectivity index (χ0v) is 10.2. The number of carbonyl (C=O) groups excluding carboxylic acids is 1. The average molecular weight is 234 g/mol. The molecule has 4 heteroatoms. The second-order valence-corrected chi connectivity index (χ2v) is 5.06. The molecule has 17 heavy (non-hydrogen) atoms. The third kappa shape index (κ3) is 1.50. The number of esters is 1. The predicted octanol–water partition coefficient (Wildman–Crippen LogP) is 1.34. The highest BCUT2D eigenvalue weighted by Gasteiger charge is 2.63. The Hall–Kier alpha value is -1.32. The number of hydrazone groups is 1. The average Bonchev–Trinajstić information content (AvgIpc) is 2.70. The van der Waals surface area contributed by atoms with Crippen LogP contribution in [0.15, 0.2) is 17.3 Å². The van der Waals surface area contributed by atoms with Crippen LogP contribution in [0.5, 0.6) is 0 Å². The molecule has 5 atom stereocenters. The first-order valence-electron chi connectivity index (χ1n) is 6.41. The van der Waals surface area contributed by atoms with E-state index in [1.54, 1.807) is 0 Å². The Morgan fingerprint density at radius 2 is 2.47 bits per heavy atom. The standard InChI is InChI=1S/C13H18N2O2/c1-3-5-7-8-6-9-11(10(7)8)14-15-12(9)13(16)17-4-2/h3,5,7-11,14H,4,6H2,1-2H3/b5-3+/t7-,8+,9?,10-,11?/m1/s1. The lowest BCUT2D eigenvalue weighted by molar-refractivity contribution is -0.135. The van der Waals surface area contributed by atoms with Crippen molar-refractivity contribution < 1.29 is 9.53 Å². The maximum Gasteiger partial charge on any atom is 0.354 e. The van der Waals surface area contributed by atoms with Gasteiger partial charge < -0.3 is 10.2 Å². The van der Waals surface area contributed by atoms with Crippen molar-refractivity contribution in [2.45, 2.75) is 26.3 Å². The number of ether oxygens (including phenoxy) is 1. The van der Waals surface area contributed by atoms with E-state index in [0.29, 0.717) is 30.2 Å². The van der Waals surface area contributed by atoms with Gasteiger partial charge in [-0.3, -0.25) is 0 Å². The van der Waals surface area contributed by atoms with Crippen LogP contribution in [0.2, 0.25) is 0 Å². The van der Waals surface area contributed by atoms with Crippen molar-refractivity contribution in [1.82, 2.24) is 5.43 Å². The lowest BCUT2D eigenvalue weighted by atomic mass is 9.92. The summed E-state index contributed by atoms with van der Waals surface area (Å²) in [6.45, 7) is 4.31. The van der Waals surface area contributed by atoms with Crippen molar-refractivity contribution in [3.63, 3.8) is 0 Å². The van der Waals surface area contributed by atoms with E-state index >= 15 is 0 Å². The molecule has 1 aliphatic heterocycles. The summed E-state index contributed by atoms with van der Waals surface area (Å²) in [7, 11) is 0. The molecule has 1 N–H and O–H groups in total. The van der Waals surface area contributed by atoms with Crippen LogP contribution >= 0.6 is 0 Å². The number of hydrogen-bond donors (Lipinski definition) is 1. The van der Waals surface area contributed by atoms with E-state index < -0.39 is 0 Å². The Morgan fingerprint density at radius 3 is 3.18 bits per heavy atom. The summed E-state index contributed by atoms with van der Waals surface area (Å²) >= 11 is 0. The molecular formula is C13H18N2O2. The van der Waals surface area contributed by atoms with E-state index in [0.717, 1.165) is 12.3 Å². The summed E-state index contributed by atoms with van der Waals surface area (Å²) in [4.78, 5) is 11.7. The highest BCUT2D eigenvalue weighted by molar-refractivity contribution is 6.38. The van der Waals surface area contributed by atoms with E-state index in [4.69, 9.17) is 4.74 Å². The number of nitrogens with one attached hydrogen (secondary N) is 1. The maximum atomic E-state index is 11.7. The fraction of sp³-hybridized carbons (Fsp3) is 0.692. The summed E-state index contributed by atoms with van der Waals surface area (Å²) < 4.78 is 5.03. The minimum Gasteiger partial charge on any atom is -0.461 e. The van der Waals surface area contributed by atoms with E-state index in [9.17, 15) is 4.79 Å². The smallest absolute Gasteiger partial charge is 0.354 e. The van der Waals surface area contributed by atoms with Crippen molar-refractivity contribution >= 4 is 11.7 Å². The molecular weight excluding hydrogens is 216 g/mol. The van der Waals surface area contributed by atoms with Crippen LogP contribution in [0.1, 0.15) is 20.3 Å². The molecule has 2 fully saturated rings. The summed E-state index contributed by atoms with van der Waals surface area (Å²) in [5.74, 6) is 2.16. The van der Waals surface area contributed by atoms with Crippen LogP contribution in [0.3, 0.4) is 0 Å². The minimum atomic E-state index is -0.239. The SMILES string of the molecule is C/C=C/[C@@H]1[C@@H]2CC3C(C(=O)OCC)=NNC3[C@H]12. The van der Waals surface area contributed by atoms with Crippen LogP contribution in [0.25, 0.3) is 0 Å². The first kappa shape index (κ1) is 10.8. The molecule has 1 heterocycles. The minimum absolute atomic E-state index is 0.239. The van der Waals surface area contributed by atoms with Crippen molar-refractivity contribution in [3.05, 3.63) is 12.2 Å². The Morgan fingerprint density at radius 1 is 1.65 bits per heavy atom. The van der Waals surface area contributed by atoms with Gasteiger partial charge in [-0.1, -0.05) is 12.2 Å². The molecule has 4 nitrogen and oxygen atoms in total. The zero-order valence-electron chi connectivity index (χ0n) is 10.2. The van der Waals surface area contributed by atoms with Gasteiger partial charge in [0.05, 0.1) is 12.6 Å². The van der Waals surface area contributed by atoms with Crippen molar-refractivity contribution in [2.75, 3.05) is 6.61 Å². The van der Waals surface area contributed by atoms with E-state index in [2.05, 4.69) is 29.6 Å². The zero-order chi connectivity index (χ0) is 12.0. The monoisotopic (exact) mass is 234 g/mol. The molecule has 0 aromatic carbocycles. The molecule has 3 rings (SSSR count). The number of nitrogens with zero attached hydrogens (tertiary/aromatic N) is 1. The third-order valence-electron chi connectivity index (χ3n) is 4.25. The molecule has 0 aromatic heterocycles. The Labute approximate surface area is 101 Å². The third-order valence-corrected chi connectivity index (χ3v) is 4.25. The Bertz CT molecular complexity index is 402. The van der Waals surface area contributed by atoms with Crippen molar-refractivity contribution in [2.24, 2.45) is 28.8 Å². The summed E-state index contributed by atoms with van der Waals surface area (Å²) in [6.07, 6.45) is 5.49. The van der Waals surface area contributed by atoms with Crippen LogP contribution < -0.4 is 5.43 Å². The molecule has 0 radical (unpaired) electrons. The lowest BCUT2D eigenvalue weighted by Crippen LogP contribution is -2.32. The maximum absolute atomic E-state index is 11.7. The summed E-state index contributed by atoms with van der Waals surface area (Å²) in [5, 5.41) is 4.18. The second kappa shape index (κ2) is 3.86. The number of fused-ring (bicyclic) bond motifs is 3. The summed E-state index contributed by atoms with van der Waals surface area (Å²) in [5.41, 5.74) is 3.76. The summed E-state index contributed by atoms with van der Waals surface area (Å²) in [6, 6.07) is 0.362. The van der Waals surface area contributed by atoms with Crippen LogP contribution in [-0.2, 0) is 9.53 Å². The molecule has 0 bridgehead atoms. The highest BCUT2D eigenvalue weighted by atomic mass is 16.5. The highest BCUT2D eigenvalue weighted by Crippen LogP contribution is 2.61. The molecule has 2 saturated carbocycles. The number of rotatable bonds is 3. The van der Waals surface area contributed by atoms with Crippen LogP contribution in [-0.4, -0.2) is 24.3 Å². The van der Waals surface area contributed by atoms with Crippen LogP contribution in [0.4, 0.5) is 0 Å². The first-order chi connectivity index (χ1) is 8.27. The fourth-order valence-electron chi connectivity index (χ4n) is 3.54. The van der Waals surface area contributed by atoms with Crippen molar-refractivity contribution in [3.8, 4) is 0 Å². The van der Waals surface area contributed by atoms with Gasteiger partial charge in [0.25, 0.3) is 0 Å². The molecule has 0 amide bonds. The van der Waals surface area contributed by atoms with Gasteiger partial charge in [0.2, 0.25) is 0 Å². The van der Waals surface area contributed by atoms with Gasteiger partial charge in [0, 0.05) is 5.92 Å². The van der Waals surface area contributed by atoms with Gasteiger partial charge in [-0.2, -0.15) is 5.10 Å². The van der Waals surface area contributed by atoms with Gasteiger partial charge in [-0.25, -0.2) is 4.79 Å². The van der Waals surface area contributed by atoms with Gasteiger partial charge in [0.15, 0.2) is 5.71 Å². The van der Waals surface area contributed by atoms with Crippen LogP contribution in [0, 0.1) is 23.7 Å². The van der Waals surface area contributed by atoms with Gasteiger partial charge in [-0.15, -0.1) is 0 Å². The lowest BCUT2D eigenvalue weighted by Gasteiger charge is -2.15. The quantitative estimate of drug-likeness (QED) is 0.592. The Balaban J connectivity index is 1.67. The fourth-order valence-corrected chi connectivity index (χ4v) is 3.54. The molecule has 92 valence electrons. The topological polar surface area (TPSA) is 50.7 Å². The van der Waals surface area contributed by atoms with Gasteiger partial charge in [-0.05, 0) is 38.0 Å². The molecule has 2 unspecified atom stereocenters. The molecule has 0 aromatic rings. The first-order valence-corrected chi connectivity index (χ1v) is 6.41. The normalized spacial score (nSPS) is 41.8. The number of allylic oxidation sites excluding steroid dienone is 2. The molecule has 0 spiro atoms. The Kier molecular flexibility index (Phi) is 2.45.